The maximum absolute atomic E-state index is 4.53. The largest absolute Gasteiger partial charge is 0.360 e. The highest BCUT2D eigenvalue weighted by atomic mass is 32.2. The fraction of sp³-hybridized carbons (Fsp3) is 0.529. The lowest BCUT2D eigenvalue weighted by molar-refractivity contribution is 0.617. The predicted molar refractivity (Wildman–Crippen MR) is 97.8 cm³/mol. The van der Waals surface area contributed by atoms with E-state index in [9.17, 15) is 0 Å². The van der Waals surface area contributed by atoms with Gasteiger partial charge < -0.3 is 5.32 Å². The van der Waals surface area contributed by atoms with Gasteiger partial charge in [0.25, 0.3) is 0 Å². The van der Waals surface area contributed by atoms with Crippen molar-refractivity contribution in [1.82, 2.24) is 9.36 Å². The smallest absolute Gasteiger partial charge is 0.203 e. The van der Waals surface area contributed by atoms with Gasteiger partial charge in [-0.3, -0.25) is 0 Å². The van der Waals surface area contributed by atoms with Crippen molar-refractivity contribution in [1.29, 1.82) is 0 Å². The van der Waals surface area contributed by atoms with Crippen LogP contribution in [0.25, 0.3) is 0 Å². The first-order valence-electron chi connectivity index (χ1n) is 8.13. The Kier molecular flexibility index (Phi) is 8.35. The van der Waals surface area contributed by atoms with E-state index in [4.69, 9.17) is 0 Å². The Morgan fingerprint density at radius 1 is 1.05 bits per heavy atom. The number of unbranched alkanes of at least 4 members (excludes halogenated alkanes) is 5. The van der Waals surface area contributed by atoms with Crippen LogP contribution < -0.4 is 5.32 Å². The standard InChI is InChI=1S/C17H25N3S2/c1-2-3-4-5-6-10-13-18-16-19-17(20-22-16)21-14-15-11-8-7-9-12-15/h7-9,11-12H,2-6,10,13-14H2,1H3,(H,18,19,20). The molecule has 1 N–H and O–H groups in total. The lowest BCUT2D eigenvalue weighted by Crippen LogP contribution is -2.00. The molecular formula is C17H25N3S2. The van der Waals surface area contributed by atoms with Gasteiger partial charge in [0.15, 0.2) is 0 Å². The van der Waals surface area contributed by atoms with Gasteiger partial charge in [-0.2, -0.15) is 9.36 Å². The third-order valence-electron chi connectivity index (χ3n) is 3.42. The number of aromatic nitrogens is 2. The summed E-state index contributed by atoms with van der Waals surface area (Å²) in [7, 11) is 0. The molecule has 0 saturated carbocycles. The highest BCUT2D eigenvalue weighted by Gasteiger charge is 2.04. The van der Waals surface area contributed by atoms with E-state index in [1.807, 2.05) is 6.07 Å². The molecule has 0 aliphatic carbocycles. The third kappa shape index (κ3) is 6.79. The fourth-order valence-electron chi connectivity index (χ4n) is 2.16. The third-order valence-corrected chi connectivity index (χ3v) is 5.13. The zero-order valence-corrected chi connectivity index (χ0v) is 14.9. The van der Waals surface area contributed by atoms with E-state index in [2.05, 4.69) is 45.9 Å². The van der Waals surface area contributed by atoms with Gasteiger partial charge in [0.1, 0.15) is 0 Å². The molecule has 1 heterocycles. The Morgan fingerprint density at radius 3 is 2.64 bits per heavy atom. The molecule has 0 radical (unpaired) electrons. The molecule has 2 rings (SSSR count). The first-order chi connectivity index (χ1) is 10.9. The maximum Gasteiger partial charge on any atom is 0.203 e. The van der Waals surface area contributed by atoms with Crippen molar-refractivity contribution >= 4 is 28.4 Å². The molecule has 1 aromatic carbocycles. The zero-order valence-electron chi connectivity index (χ0n) is 13.3. The Bertz CT molecular complexity index is 514. The maximum atomic E-state index is 4.53. The van der Waals surface area contributed by atoms with Gasteiger partial charge in [0, 0.05) is 23.8 Å². The molecule has 0 spiro atoms. The minimum Gasteiger partial charge on any atom is -0.360 e. The van der Waals surface area contributed by atoms with Crippen LogP contribution in [0.3, 0.4) is 0 Å². The number of nitrogens with one attached hydrogen (secondary N) is 1. The number of hydrogen-bond donors (Lipinski definition) is 1. The Hall–Kier alpha value is -1.07. The summed E-state index contributed by atoms with van der Waals surface area (Å²) in [5.41, 5.74) is 1.31. The van der Waals surface area contributed by atoms with Crippen molar-refractivity contribution in [2.45, 2.75) is 56.4 Å². The van der Waals surface area contributed by atoms with Crippen molar-refractivity contribution in [3.63, 3.8) is 0 Å². The summed E-state index contributed by atoms with van der Waals surface area (Å²) in [6, 6.07) is 10.4. The molecule has 0 bridgehead atoms. The van der Waals surface area contributed by atoms with Crippen LogP contribution in [0.2, 0.25) is 0 Å². The summed E-state index contributed by atoms with van der Waals surface area (Å²) in [6.07, 6.45) is 7.93. The SMILES string of the molecule is CCCCCCCCNc1nc(SCc2ccccc2)ns1. The van der Waals surface area contributed by atoms with E-state index < -0.39 is 0 Å². The second kappa shape index (κ2) is 10.6. The van der Waals surface area contributed by atoms with Crippen molar-refractivity contribution in [2.24, 2.45) is 0 Å². The molecule has 2 aromatic rings. The first kappa shape index (κ1) is 17.3. The molecule has 22 heavy (non-hydrogen) atoms. The second-order valence-electron chi connectivity index (χ2n) is 5.35. The summed E-state index contributed by atoms with van der Waals surface area (Å²) >= 11 is 3.16. The number of benzene rings is 1. The van der Waals surface area contributed by atoms with E-state index in [1.165, 1.54) is 55.6 Å². The normalized spacial score (nSPS) is 10.8. The van der Waals surface area contributed by atoms with E-state index >= 15 is 0 Å². The summed E-state index contributed by atoms with van der Waals surface area (Å²) < 4.78 is 4.40. The van der Waals surface area contributed by atoms with E-state index in [-0.39, 0.29) is 0 Å². The van der Waals surface area contributed by atoms with Crippen LogP contribution in [0.5, 0.6) is 0 Å². The van der Waals surface area contributed by atoms with Gasteiger partial charge in [0.05, 0.1) is 0 Å². The summed E-state index contributed by atoms with van der Waals surface area (Å²) in [5.74, 6) is 0.925. The molecule has 1 aromatic heterocycles. The monoisotopic (exact) mass is 335 g/mol. The Labute approximate surface area is 142 Å². The van der Waals surface area contributed by atoms with E-state index in [1.54, 1.807) is 11.8 Å². The second-order valence-corrected chi connectivity index (χ2v) is 7.05. The van der Waals surface area contributed by atoms with Crippen LogP contribution in [0.4, 0.5) is 5.13 Å². The highest BCUT2D eigenvalue weighted by molar-refractivity contribution is 7.98. The van der Waals surface area contributed by atoms with Crippen molar-refractivity contribution < 1.29 is 0 Å². The molecule has 0 unspecified atom stereocenters. The van der Waals surface area contributed by atoms with Crippen LogP contribution in [0.1, 0.15) is 51.0 Å². The minimum atomic E-state index is 0.874. The molecule has 3 nitrogen and oxygen atoms in total. The summed E-state index contributed by atoms with van der Waals surface area (Å²) in [5, 5.41) is 5.21. The minimum absolute atomic E-state index is 0.874. The predicted octanol–water partition coefficient (Wildman–Crippen LogP) is 5.60. The van der Waals surface area contributed by atoms with Crippen LogP contribution in [0, 0.1) is 0 Å². The van der Waals surface area contributed by atoms with Crippen LogP contribution >= 0.6 is 23.3 Å². The van der Waals surface area contributed by atoms with Gasteiger partial charge in [0.2, 0.25) is 10.3 Å². The average Bonchev–Trinajstić information content (AvgIpc) is 3.01. The molecular weight excluding hydrogens is 310 g/mol. The molecule has 0 amide bonds. The van der Waals surface area contributed by atoms with Crippen molar-refractivity contribution in [3.05, 3.63) is 35.9 Å². The van der Waals surface area contributed by atoms with Gasteiger partial charge in [-0.25, -0.2) is 0 Å². The summed E-state index contributed by atoms with van der Waals surface area (Å²) in [6.45, 7) is 3.26. The van der Waals surface area contributed by atoms with Gasteiger partial charge in [-0.15, -0.1) is 0 Å². The molecule has 0 fully saturated rings. The summed E-state index contributed by atoms with van der Waals surface area (Å²) in [4.78, 5) is 4.53. The van der Waals surface area contributed by atoms with Crippen LogP contribution in [0.15, 0.2) is 35.5 Å². The highest BCUT2D eigenvalue weighted by Crippen LogP contribution is 2.23. The van der Waals surface area contributed by atoms with E-state index in [0.29, 0.717) is 0 Å². The van der Waals surface area contributed by atoms with Gasteiger partial charge in [-0.05, 0) is 12.0 Å². The molecule has 0 atom stereocenters. The van der Waals surface area contributed by atoms with Crippen molar-refractivity contribution in [2.75, 3.05) is 11.9 Å². The lowest BCUT2D eigenvalue weighted by atomic mass is 10.1. The number of rotatable bonds is 11. The molecule has 5 heteroatoms. The number of thioether (sulfide) groups is 1. The van der Waals surface area contributed by atoms with Crippen molar-refractivity contribution in [3.8, 4) is 0 Å². The van der Waals surface area contributed by atoms with Crippen LogP contribution in [-0.4, -0.2) is 15.9 Å². The fourth-order valence-corrected chi connectivity index (χ4v) is 3.69. The van der Waals surface area contributed by atoms with E-state index in [0.717, 1.165) is 22.6 Å². The topological polar surface area (TPSA) is 37.8 Å². The average molecular weight is 336 g/mol. The van der Waals surface area contributed by atoms with Gasteiger partial charge in [-0.1, -0.05) is 81.1 Å². The number of anilines is 1. The van der Waals surface area contributed by atoms with Gasteiger partial charge >= 0.3 is 0 Å². The molecule has 0 aliphatic heterocycles. The molecule has 0 saturated heterocycles. The Balaban J connectivity index is 1.60. The Morgan fingerprint density at radius 2 is 1.82 bits per heavy atom. The van der Waals surface area contributed by atoms with Crippen LogP contribution in [-0.2, 0) is 5.75 Å². The number of nitrogens with zero attached hydrogens (tertiary/aromatic N) is 2. The quantitative estimate of drug-likeness (QED) is 0.428. The molecule has 0 aliphatic rings. The lowest BCUT2D eigenvalue weighted by Gasteiger charge is -2.02. The number of hydrogen-bond acceptors (Lipinski definition) is 5. The first-order valence-corrected chi connectivity index (χ1v) is 9.88. The zero-order chi connectivity index (χ0) is 15.5. The molecule has 120 valence electrons.